The molecule has 0 saturated heterocycles. The number of pyridine rings is 1. The van der Waals surface area contributed by atoms with Gasteiger partial charge in [-0.25, -0.2) is 0 Å². The Hall–Kier alpha value is -3.60. The third-order valence-corrected chi connectivity index (χ3v) is 6.16. The minimum atomic E-state index is -4.13. The SMILES string of the molecule is CCc1c([N+](=O)[O-])cc(C(C)CS(=O)(=O)O[n+]2cccc3ccccc32)cc1[N+](=O)[O-]. The Morgan fingerprint density at radius 2 is 1.61 bits per heavy atom. The fourth-order valence-electron chi connectivity index (χ4n) is 3.39. The number of hydrogen-bond donors (Lipinski definition) is 0. The lowest BCUT2D eigenvalue weighted by Crippen LogP contribution is -2.47. The van der Waals surface area contributed by atoms with Crippen molar-refractivity contribution in [1.82, 2.24) is 0 Å². The molecule has 1 aromatic heterocycles. The predicted molar refractivity (Wildman–Crippen MR) is 112 cm³/mol. The van der Waals surface area contributed by atoms with Gasteiger partial charge in [-0.15, -0.1) is 4.28 Å². The third-order valence-electron chi connectivity index (χ3n) is 4.86. The Bertz CT molecular complexity index is 1230. The van der Waals surface area contributed by atoms with Gasteiger partial charge in [0.25, 0.3) is 16.9 Å². The summed E-state index contributed by atoms with van der Waals surface area (Å²) in [7, 11) is -4.13. The molecular formula is C20H20N3O7S+. The molecule has 10 nitrogen and oxygen atoms in total. The molecule has 31 heavy (non-hydrogen) atoms. The molecule has 1 unspecified atom stereocenters. The van der Waals surface area contributed by atoms with E-state index in [1.54, 1.807) is 37.3 Å². The maximum Gasteiger partial charge on any atom is 0.367 e. The molecular weight excluding hydrogens is 426 g/mol. The van der Waals surface area contributed by atoms with E-state index in [1.807, 2.05) is 6.07 Å². The Morgan fingerprint density at radius 1 is 1.03 bits per heavy atom. The molecule has 3 rings (SSSR count). The van der Waals surface area contributed by atoms with Crippen molar-refractivity contribution in [2.45, 2.75) is 26.2 Å². The van der Waals surface area contributed by atoms with Crippen molar-refractivity contribution in [3.63, 3.8) is 0 Å². The molecule has 0 fully saturated rings. The van der Waals surface area contributed by atoms with Crippen LogP contribution in [0.2, 0.25) is 0 Å². The maximum atomic E-state index is 12.7. The van der Waals surface area contributed by atoms with E-state index in [0.29, 0.717) is 5.52 Å². The second kappa shape index (κ2) is 8.64. The number of hydrogen-bond acceptors (Lipinski definition) is 7. The maximum absolute atomic E-state index is 12.7. The monoisotopic (exact) mass is 446 g/mol. The number of aromatic nitrogens is 1. The van der Waals surface area contributed by atoms with Crippen LogP contribution < -0.4 is 9.01 Å². The molecule has 0 amide bonds. The molecule has 2 aromatic carbocycles. The molecule has 0 N–H and O–H groups in total. The second-order valence-corrected chi connectivity index (χ2v) is 8.60. The van der Waals surface area contributed by atoms with Crippen LogP contribution in [0.4, 0.5) is 11.4 Å². The highest BCUT2D eigenvalue weighted by Gasteiger charge is 2.30. The smallest absolute Gasteiger partial charge is 0.258 e. The Balaban J connectivity index is 1.93. The molecule has 0 aliphatic heterocycles. The zero-order valence-electron chi connectivity index (χ0n) is 16.8. The number of benzene rings is 2. The molecule has 1 atom stereocenters. The van der Waals surface area contributed by atoms with E-state index < -0.39 is 43.0 Å². The highest BCUT2D eigenvalue weighted by atomic mass is 32.2. The van der Waals surface area contributed by atoms with Gasteiger partial charge < -0.3 is 0 Å². The third kappa shape index (κ3) is 4.77. The van der Waals surface area contributed by atoms with Gasteiger partial charge in [-0.1, -0.05) is 26.0 Å². The van der Waals surface area contributed by atoms with Crippen molar-refractivity contribution >= 4 is 32.4 Å². The highest BCUT2D eigenvalue weighted by molar-refractivity contribution is 7.86. The molecule has 0 aliphatic rings. The van der Waals surface area contributed by atoms with Crippen LogP contribution in [0, 0.1) is 20.2 Å². The lowest BCUT2D eigenvalue weighted by molar-refractivity contribution is -0.835. The first-order chi connectivity index (χ1) is 14.6. The van der Waals surface area contributed by atoms with Gasteiger partial charge in [-0.05, 0) is 30.0 Å². The Morgan fingerprint density at radius 3 is 2.19 bits per heavy atom. The summed E-state index contributed by atoms with van der Waals surface area (Å²) in [6, 6.07) is 12.9. The number of nitrogens with zero attached hydrogens (tertiary/aromatic N) is 3. The fraction of sp³-hybridized carbons (Fsp3) is 0.250. The highest BCUT2D eigenvalue weighted by Crippen LogP contribution is 2.34. The summed E-state index contributed by atoms with van der Waals surface area (Å²) in [4.78, 5) is 21.4. The summed E-state index contributed by atoms with van der Waals surface area (Å²) >= 11 is 0. The van der Waals surface area contributed by atoms with Crippen LogP contribution in [0.1, 0.15) is 30.9 Å². The topological polar surface area (TPSA) is 134 Å². The van der Waals surface area contributed by atoms with Crippen LogP contribution in [0.15, 0.2) is 54.7 Å². The van der Waals surface area contributed by atoms with Crippen LogP contribution in [-0.2, 0) is 16.5 Å². The summed E-state index contributed by atoms with van der Waals surface area (Å²) in [6.07, 6.45) is 1.55. The van der Waals surface area contributed by atoms with Crippen LogP contribution in [0.3, 0.4) is 0 Å². The number of fused-ring (bicyclic) bond motifs is 1. The number of para-hydroxylation sites is 1. The van der Waals surface area contributed by atoms with Crippen molar-refractivity contribution in [2.24, 2.45) is 0 Å². The molecule has 0 bridgehead atoms. The van der Waals surface area contributed by atoms with Crippen LogP contribution >= 0.6 is 0 Å². The molecule has 3 aromatic rings. The molecule has 0 aliphatic carbocycles. The van der Waals surface area contributed by atoms with E-state index in [9.17, 15) is 28.6 Å². The van der Waals surface area contributed by atoms with E-state index in [1.165, 1.54) is 25.3 Å². The van der Waals surface area contributed by atoms with Gasteiger partial charge in [-0.3, -0.25) is 20.2 Å². The van der Waals surface area contributed by atoms with Gasteiger partial charge in [0, 0.05) is 29.0 Å². The van der Waals surface area contributed by atoms with Crippen molar-refractivity contribution in [1.29, 1.82) is 0 Å². The van der Waals surface area contributed by atoms with Crippen molar-refractivity contribution in [3.05, 3.63) is 86.1 Å². The van der Waals surface area contributed by atoms with Crippen LogP contribution in [0.25, 0.3) is 10.9 Å². The fourth-order valence-corrected chi connectivity index (χ4v) is 4.63. The Labute approximate surface area is 178 Å². The number of rotatable bonds is 8. The molecule has 162 valence electrons. The molecule has 11 heteroatoms. The first-order valence-electron chi connectivity index (χ1n) is 9.40. The normalized spacial score (nSPS) is 12.5. The van der Waals surface area contributed by atoms with Gasteiger partial charge in [0.05, 0.1) is 21.0 Å². The van der Waals surface area contributed by atoms with Gasteiger partial charge in [0.1, 0.15) is 5.56 Å². The number of nitro groups is 2. The van der Waals surface area contributed by atoms with Crippen LogP contribution in [0.5, 0.6) is 0 Å². The van der Waals surface area contributed by atoms with Crippen molar-refractivity contribution < 1.29 is 27.3 Å². The lowest BCUT2D eigenvalue weighted by atomic mass is 9.97. The number of nitro benzene ring substituents is 2. The van der Waals surface area contributed by atoms with E-state index in [2.05, 4.69) is 0 Å². The summed E-state index contributed by atoms with van der Waals surface area (Å²) in [5, 5.41) is 23.6. The summed E-state index contributed by atoms with van der Waals surface area (Å²) < 4.78 is 31.7. The first kappa shape index (κ1) is 22.1. The first-order valence-corrected chi connectivity index (χ1v) is 11.0. The summed E-state index contributed by atoms with van der Waals surface area (Å²) in [5.41, 5.74) is -0.0949. The van der Waals surface area contributed by atoms with Crippen molar-refractivity contribution in [3.8, 4) is 0 Å². The second-order valence-electron chi connectivity index (χ2n) is 7.00. The summed E-state index contributed by atoms with van der Waals surface area (Å²) in [5.74, 6) is -1.31. The quantitative estimate of drug-likeness (QED) is 0.295. The molecule has 1 heterocycles. The minimum Gasteiger partial charge on any atom is -0.258 e. The Kier molecular flexibility index (Phi) is 6.16. The average molecular weight is 446 g/mol. The van der Waals surface area contributed by atoms with E-state index in [4.69, 9.17) is 4.28 Å². The van der Waals surface area contributed by atoms with Gasteiger partial charge in [-0.2, -0.15) is 8.42 Å². The van der Waals surface area contributed by atoms with E-state index in [-0.39, 0.29) is 17.5 Å². The minimum absolute atomic E-state index is 0.00336. The van der Waals surface area contributed by atoms with Gasteiger partial charge in [0.2, 0.25) is 6.20 Å². The molecule has 0 spiro atoms. The van der Waals surface area contributed by atoms with E-state index >= 15 is 0 Å². The lowest BCUT2D eigenvalue weighted by Gasteiger charge is -2.12. The zero-order valence-corrected chi connectivity index (χ0v) is 17.6. The standard InChI is InChI=1S/C20H20N3O7S/c1-3-17-19(22(24)25)11-16(12-20(17)23(26)27)14(2)13-31(28,29)30-21-10-6-8-15-7-4-5-9-18(15)21/h4-12,14H,3,13H2,1-2H3/q+1. The molecule has 0 saturated carbocycles. The predicted octanol–water partition coefficient (Wildman–Crippen LogP) is 3.07. The average Bonchev–Trinajstić information content (AvgIpc) is 2.72. The summed E-state index contributed by atoms with van der Waals surface area (Å²) in [6.45, 7) is 3.10. The van der Waals surface area contributed by atoms with E-state index in [0.717, 1.165) is 10.1 Å². The molecule has 0 radical (unpaired) electrons. The zero-order chi connectivity index (χ0) is 22.8. The van der Waals surface area contributed by atoms with Crippen LogP contribution in [-0.4, -0.2) is 24.0 Å². The largest absolute Gasteiger partial charge is 0.367 e. The van der Waals surface area contributed by atoms with Gasteiger partial charge in [0.15, 0.2) is 0 Å². The van der Waals surface area contributed by atoms with Gasteiger partial charge >= 0.3 is 10.1 Å². The van der Waals surface area contributed by atoms with Crippen molar-refractivity contribution in [2.75, 3.05) is 5.75 Å².